The van der Waals surface area contributed by atoms with Gasteiger partial charge in [0.15, 0.2) is 5.17 Å². The summed E-state index contributed by atoms with van der Waals surface area (Å²) in [4.78, 5) is 43.2. The number of rotatable bonds is 10. The first-order valence-corrected chi connectivity index (χ1v) is 14.9. The molecule has 40 heavy (non-hydrogen) atoms. The number of hydrogen-bond donors (Lipinski definition) is 1. The summed E-state index contributed by atoms with van der Waals surface area (Å²) in [5, 5.41) is 9.98. The summed E-state index contributed by atoms with van der Waals surface area (Å²) in [6.45, 7) is 16.3. The second-order valence-corrected chi connectivity index (χ2v) is 11.1. The van der Waals surface area contributed by atoms with Gasteiger partial charge >= 0.3 is 5.97 Å². The molecule has 1 aromatic carbocycles. The van der Waals surface area contributed by atoms with Crippen molar-refractivity contribution >= 4 is 40.2 Å². The number of carboxylic acid groups (broad SMARTS) is 1. The number of nitrogens with zero attached hydrogens (tertiary/aromatic N) is 5. The molecule has 0 bridgehead atoms. The van der Waals surface area contributed by atoms with Crippen LogP contribution in [0.2, 0.25) is 0 Å². The maximum atomic E-state index is 13.4. The highest BCUT2D eigenvalue weighted by molar-refractivity contribution is 8.13. The Bertz CT molecular complexity index is 1240. The van der Waals surface area contributed by atoms with Crippen LogP contribution >= 0.6 is 11.8 Å². The molecule has 2 unspecified atom stereocenters. The lowest BCUT2D eigenvalue weighted by molar-refractivity contribution is -0.137. The standard InChI is InChI=1S/C31H41N5O3S/c1-7-31(5)26(21-23(4)29(39)35-16-18-36(19-17-35)30(40-6)32-8-2)33-25(14-9-10-15-27(37)38)28(34-31)24-13-11-12-22(3)20-24/h7-8,11-13,20-21,26H,1-2,9-10,14-19H2,3-6H3,(H,37,38)/b23-21+,32-30-. The average molecular weight is 564 g/mol. The molecule has 1 N–H and O–H groups in total. The number of benzene rings is 1. The molecule has 8 nitrogen and oxygen atoms in total. The molecule has 1 saturated heterocycles. The van der Waals surface area contributed by atoms with Crippen LogP contribution in [0.15, 0.2) is 76.3 Å². The summed E-state index contributed by atoms with van der Waals surface area (Å²) in [6.07, 6.45) is 9.23. The fraction of sp³-hybridized carbons (Fsp3) is 0.452. The van der Waals surface area contributed by atoms with Crippen molar-refractivity contribution < 1.29 is 14.7 Å². The normalized spacial score (nSPS) is 21.9. The van der Waals surface area contributed by atoms with Crippen molar-refractivity contribution in [1.29, 1.82) is 0 Å². The first-order valence-electron chi connectivity index (χ1n) is 13.7. The van der Waals surface area contributed by atoms with Gasteiger partial charge in [-0.05, 0) is 58.4 Å². The monoisotopic (exact) mass is 563 g/mol. The first kappa shape index (κ1) is 31.1. The van der Waals surface area contributed by atoms with Crippen LogP contribution in [0.25, 0.3) is 0 Å². The highest BCUT2D eigenvalue weighted by atomic mass is 32.2. The van der Waals surface area contributed by atoms with E-state index in [4.69, 9.17) is 15.1 Å². The summed E-state index contributed by atoms with van der Waals surface area (Å²) in [5.74, 6) is -0.810. The molecule has 1 amide bonds. The molecule has 2 aliphatic rings. The SMILES string of the molecule is C=C/N=C(\SC)N1CCN(C(=O)/C(C)=C/C2N=C(CCCCC(=O)O)C(c3cccc(C)c3)=NC2(C)C=C)CC1. The number of carbonyl (C=O) groups excluding carboxylic acids is 1. The summed E-state index contributed by atoms with van der Waals surface area (Å²) in [5.41, 5.74) is 3.61. The average Bonchev–Trinajstić information content (AvgIpc) is 2.95. The van der Waals surface area contributed by atoms with E-state index in [1.807, 2.05) is 56.2 Å². The molecular weight excluding hydrogens is 522 g/mol. The Morgan fingerprint density at radius 1 is 1.20 bits per heavy atom. The van der Waals surface area contributed by atoms with E-state index in [-0.39, 0.29) is 12.3 Å². The number of aliphatic imine (C=N–C) groups is 3. The van der Waals surface area contributed by atoms with Crippen LogP contribution in [-0.2, 0) is 9.59 Å². The summed E-state index contributed by atoms with van der Waals surface area (Å²) in [6, 6.07) is 7.75. The Labute approximate surface area is 242 Å². The van der Waals surface area contributed by atoms with E-state index in [9.17, 15) is 9.59 Å². The fourth-order valence-electron chi connectivity index (χ4n) is 4.88. The van der Waals surface area contributed by atoms with Crippen molar-refractivity contribution in [3.63, 3.8) is 0 Å². The predicted octanol–water partition coefficient (Wildman–Crippen LogP) is 5.15. The Morgan fingerprint density at radius 2 is 1.90 bits per heavy atom. The molecule has 9 heteroatoms. The number of unbranched alkanes of at least 4 members (excludes halogenated alkanes) is 1. The van der Waals surface area contributed by atoms with E-state index >= 15 is 0 Å². The third kappa shape index (κ3) is 7.81. The molecule has 214 valence electrons. The van der Waals surface area contributed by atoms with Gasteiger partial charge in [0, 0.05) is 49.9 Å². The number of amidine groups is 1. The molecule has 2 heterocycles. The van der Waals surface area contributed by atoms with Gasteiger partial charge in [0.1, 0.15) is 5.54 Å². The quantitative estimate of drug-likeness (QED) is 0.140. The second kappa shape index (κ2) is 14.3. The number of carbonyl (C=O) groups is 2. The van der Waals surface area contributed by atoms with E-state index < -0.39 is 17.6 Å². The van der Waals surface area contributed by atoms with Gasteiger partial charge in [-0.25, -0.2) is 4.99 Å². The Morgan fingerprint density at radius 3 is 2.50 bits per heavy atom. The molecule has 0 spiro atoms. The third-order valence-electron chi connectivity index (χ3n) is 7.25. The van der Waals surface area contributed by atoms with Crippen LogP contribution in [0.5, 0.6) is 0 Å². The van der Waals surface area contributed by atoms with Crippen LogP contribution in [0.4, 0.5) is 0 Å². The molecule has 3 rings (SSSR count). The molecule has 2 atom stereocenters. The zero-order valence-electron chi connectivity index (χ0n) is 24.1. The highest BCUT2D eigenvalue weighted by Gasteiger charge is 2.36. The van der Waals surface area contributed by atoms with Crippen LogP contribution in [0.1, 0.15) is 50.7 Å². The fourth-order valence-corrected chi connectivity index (χ4v) is 5.50. The summed E-state index contributed by atoms with van der Waals surface area (Å²) in [7, 11) is 0. The lowest BCUT2D eigenvalue weighted by Gasteiger charge is -2.36. The largest absolute Gasteiger partial charge is 0.481 e. The predicted molar refractivity (Wildman–Crippen MR) is 167 cm³/mol. The molecule has 0 radical (unpaired) electrons. The van der Waals surface area contributed by atoms with Gasteiger partial charge in [0.05, 0.1) is 17.5 Å². The Hall–Kier alpha value is -3.46. The van der Waals surface area contributed by atoms with Gasteiger partial charge in [-0.3, -0.25) is 19.6 Å². The lowest BCUT2D eigenvalue weighted by Crippen LogP contribution is -2.50. The molecule has 0 aliphatic carbocycles. The minimum Gasteiger partial charge on any atom is -0.481 e. The van der Waals surface area contributed by atoms with Gasteiger partial charge in [-0.1, -0.05) is 48.2 Å². The van der Waals surface area contributed by atoms with Crippen molar-refractivity contribution in [2.24, 2.45) is 15.0 Å². The molecule has 1 aromatic rings. The number of aliphatic carboxylic acids is 1. The number of amides is 1. The topological polar surface area (TPSA) is 97.9 Å². The van der Waals surface area contributed by atoms with E-state index in [0.717, 1.165) is 27.7 Å². The number of thioether (sulfide) groups is 1. The zero-order valence-corrected chi connectivity index (χ0v) is 24.9. The van der Waals surface area contributed by atoms with E-state index in [2.05, 4.69) is 29.1 Å². The van der Waals surface area contributed by atoms with E-state index in [0.29, 0.717) is 51.0 Å². The van der Waals surface area contributed by atoms with Crippen LogP contribution in [0, 0.1) is 6.92 Å². The van der Waals surface area contributed by atoms with Gasteiger partial charge in [0.25, 0.3) is 0 Å². The summed E-state index contributed by atoms with van der Waals surface area (Å²) < 4.78 is 0. The first-order chi connectivity index (χ1) is 19.1. The highest BCUT2D eigenvalue weighted by Crippen LogP contribution is 2.30. The van der Waals surface area contributed by atoms with E-state index in [1.165, 1.54) is 0 Å². The Balaban J connectivity index is 1.85. The van der Waals surface area contributed by atoms with Gasteiger partial charge in [0.2, 0.25) is 5.91 Å². The second-order valence-electron chi connectivity index (χ2n) is 10.3. The minimum atomic E-state index is -0.800. The van der Waals surface area contributed by atoms with Crippen LogP contribution < -0.4 is 0 Å². The molecule has 0 saturated carbocycles. The number of hydrogen-bond acceptors (Lipinski definition) is 6. The minimum absolute atomic E-state index is 0.0101. The van der Waals surface area contributed by atoms with Crippen molar-refractivity contribution in [1.82, 2.24) is 9.80 Å². The van der Waals surface area contributed by atoms with E-state index in [1.54, 1.807) is 24.0 Å². The van der Waals surface area contributed by atoms with Gasteiger partial charge in [-0.15, -0.1) is 6.58 Å². The van der Waals surface area contributed by atoms with Crippen molar-refractivity contribution in [3.8, 4) is 0 Å². The number of aryl methyl sites for hydroxylation is 1. The smallest absolute Gasteiger partial charge is 0.303 e. The lowest BCUT2D eigenvalue weighted by atomic mass is 9.87. The van der Waals surface area contributed by atoms with Crippen molar-refractivity contribution in [3.05, 3.63) is 72.5 Å². The molecule has 0 aromatic heterocycles. The van der Waals surface area contributed by atoms with Crippen molar-refractivity contribution in [2.45, 2.75) is 58.0 Å². The number of carboxylic acids is 1. The third-order valence-corrected chi connectivity index (χ3v) is 7.97. The van der Waals surface area contributed by atoms with Crippen LogP contribution in [0.3, 0.4) is 0 Å². The number of piperazine rings is 1. The maximum Gasteiger partial charge on any atom is 0.303 e. The van der Waals surface area contributed by atoms with Crippen molar-refractivity contribution in [2.75, 3.05) is 32.4 Å². The summed E-state index contributed by atoms with van der Waals surface area (Å²) >= 11 is 1.57. The molecular formula is C31H41N5O3S. The van der Waals surface area contributed by atoms with Gasteiger partial charge < -0.3 is 14.9 Å². The molecule has 2 aliphatic heterocycles. The maximum absolute atomic E-state index is 13.4. The van der Waals surface area contributed by atoms with Gasteiger partial charge in [-0.2, -0.15) is 0 Å². The van der Waals surface area contributed by atoms with Crippen LogP contribution in [-0.4, -0.2) is 87.4 Å². The zero-order chi connectivity index (χ0) is 29.3. The molecule has 1 fully saturated rings. The Kier molecular flexibility index (Phi) is 11.1.